The van der Waals surface area contributed by atoms with Gasteiger partial charge in [0.25, 0.3) is 0 Å². The summed E-state index contributed by atoms with van der Waals surface area (Å²) < 4.78 is 6.72. The van der Waals surface area contributed by atoms with Crippen LogP contribution in [0.3, 0.4) is 0 Å². The third-order valence-electron chi connectivity index (χ3n) is 9.91. The first kappa shape index (κ1) is 30.6. The van der Waals surface area contributed by atoms with E-state index in [1.165, 1.54) is 27.6 Å². The molecule has 0 spiro atoms. The lowest BCUT2D eigenvalue weighted by Gasteiger charge is -2.10. The van der Waals surface area contributed by atoms with E-state index in [9.17, 15) is 0 Å². The van der Waals surface area contributed by atoms with Gasteiger partial charge in [0.1, 0.15) is 11.2 Å². The van der Waals surface area contributed by atoms with Crippen molar-refractivity contribution in [1.82, 2.24) is 15.0 Å². The fraction of sp³-hybridized carbons (Fsp3) is 0. The summed E-state index contributed by atoms with van der Waals surface area (Å²) >= 11 is 0. The minimum Gasteiger partial charge on any atom is -0.455 e. The van der Waals surface area contributed by atoms with Crippen molar-refractivity contribution in [1.29, 1.82) is 0 Å². The molecule has 0 aliphatic rings. The first-order valence-electron chi connectivity index (χ1n) is 17.8. The van der Waals surface area contributed by atoms with E-state index in [0.717, 1.165) is 55.1 Å². The Balaban J connectivity index is 1.08. The van der Waals surface area contributed by atoms with E-state index >= 15 is 0 Å². The number of nitrogens with zero attached hydrogens (tertiary/aromatic N) is 3. The maximum absolute atomic E-state index is 6.72. The fourth-order valence-corrected chi connectivity index (χ4v) is 7.29. The third kappa shape index (κ3) is 5.63. The number of rotatable bonds is 6. The van der Waals surface area contributed by atoms with Gasteiger partial charge in [0.2, 0.25) is 0 Å². The van der Waals surface area contributed by atoms with Crippen LogP contribution >= 0.6 is 0 Å². The van der Waals surface area contributed by atoms with Crippen LogP contribution < -0.4 is 0 Å². The number of hydrogen-bond acceptors (Lipinski definition) is 4. The Morgan fingerprint density at radius 1 is 0.283 bits per heavy atom. The summed E-state index contributed by atoms with van der Waals surface area (Å²) in [5.41, 5.74) is 11.4. The maximum atomic E-state index is 6.72. The van der Waals surface area contributed by atoms with Crippen LogP contribution in [0.1, 0.15) is 0 Å². The van der Waals surface area contributed by atoms with E-state index in [1.54, 1.807) is 0 Å². The van der Waals surface area contributed by atoms with Gasteiger partial charge in [-0.05, 0) is 69.1 Å². The Kier molecular flexibility index (Phi) is 7.43. The minimum atomic E-state index is 0.625. The number of benzene rings is 8. The standard InChI is InChI=1S/C49H31N3O/c1-4-14-32(15-5-1)35-20-12-22-38(28-35)43-31-44-41-27-26-37(30-45(41)53-46(44)42-25-11-10-24-40(42)43)36-21-13-23-39(29-36)49-51-47(33-16-6-2-7-17-33)50-48(52-49)34-18-8-3-9-19-34/h1-31H. The summed E-state index contributed by atoms with van der Waals surface area (Å²) in [6.45, 7) is 0. The van der Waals surface area contributed by atoms with Gasteiger partial charge in [-0.25, -0.2) is 15.0 Å². The monoisotopic (exact) mass is 677 g/mol. The molecule has 248 valence electrons. The first-order chi connectivity index (χ1) is 26.2. The van der Waals surface area contributed by atoms with Crippen LogP contribution in [0.4, 0.5) is 0 Å². The van der Waals surface area contributed by atoms with E-state index in [-0.39, 0.29) is 0 Å². The van der Waals surface area contributed by atoms with Gasteiger partial charge in [-0.3, -0.25) is 0 Å². The molecular weight excluding hydrogens is 647 g/mol. The molecule has 10 aromatic rings. The van der Waals surface area contributed by atoms with Crippen molar-refractivity contribution in [3.8, 4) is 67.5 Å². The summed E-state index contributed by atoms with van der Waals surface area (Å²) in [4.78, 5) is 14.8. The largest absolute Gasteiger partial charge is 0.455 e. The Morgan fingerprint density at radius 2 is 0.755 bits per heavy atom. The summed E-state index contributed by atoms with van der Waals surface area (Å²) in [5, 5.41) is 4.46. The van der Waals surface area contributed by atoms with Crippen molar-refractivity contribution in [2.75, 3.05) is 0 Å². The highest BCUT2D eigenvalue weighted by Crippen LogP contribution is 2.41. The van der Waals surface area contributed by atoms with E-state index in [1.807, 2.05) is 60.7 Å². The van der Waals surface area contributed by atoms with Crippen LogP contribution in [0.15, 0.2) is 192 Å². The van der Waals surface area contributed by atoms with Crippen LogP contribution in [-0.4, -0.2) is 15.0 Å². The molecule has 4 heteroatoms. The smallest absolute Gasteiger partial charge is 0.164 e. The highest BCUT2D eigenvalue weighted by Gasteiger charge is 2.17. The highest BCUT2D eigenvalue weighted by atomic mass is 16.3. The Morgan fingerprint density at radius 3 is 1.42 bits per heavy atom. The van der Waals surface area contributed by atoms with Gasteiger partial charge in [0, 0.05) is 32.8 Å². The number of hydrogen-bond donors (Lipinski definition) is 0. The Labute approximate surface area is 306 Å². The Bertz CT molecular complexity index is 2880. The maximum Gasteiger partial charge on any atom is 0.164 e. The average molecular weight is 678 g/mol. The number of fused-ring (bicyclic) bond motifs is 5. The van der Waals surface area contributed by atoms with Crippen molar-refractivity contribution in [3.05, 3.63) is 188 Å². The van der Waals surface area contributed by atoms with Gasteiger partial charge in [-0.1, -0.05) is 158 Å². The molecule has 2 heterocycles. The molecule has 0 radical (unpaired) electrons. The third-order valence-corrected chi connectivity index (χ3v) is 9.91. The van der Waals surface area contributed by atoms with Gasteiger partial charge in [0.05, 0.1) is 0 Å². The van der Waals surface area contributed by atoms with Crippen molar-refractivity contribution in [2.24, 2.45) is 0 Å². The van der Waals surface area contributed by atoms with Crippen molar-refractivity contribution in [3.63, 3.8) is 0 Å². The molecule has 0 saturated heterocycles. The molecule has 0 aliphatic heterocycles. The lowest BCUT2D eigenvalue weighted by atomic mass is 9.93. The molecule has 0 aliphatic carbocycles. The second-order valence-corrected chi connectivity index (χ2v) is 13.2. The average Bonchev–Trinajstić information content (AvgIpc) is 3.62. The molecule has 0 fully saturated rings. The van der Waals surface area contributed by atoms with E-state index in [4.69, 9.17) is 19.4 Å². The predicted octanol–water partition coefficient (Wildman–Crippen LogP) is 12.9. The van der Waals surface area contributed by atoms with Crippen LogP contribution in [0.5, 0.6) is 0 Å². The first-order valence-corrected chi connectivity index (χ1v) is 17.8. The summed E-state index contributed by atoms with van der Waals surface area (Å²) in [6, 6.07) is 65.2. The van der Waals surface area contributed by atoms with Crippen molar-refractivity contribution in [2.45, 2.75) is 0 Å². The fourth-order valence-electron chi connectivity index (χ4n) is 7.29. The topological polar surface area (TPSA) is 51.8 Å². The van der Waals surface area contributed by atoms with Crippen LogP contribution in [0.2, 0.25) is 0 Å². The quantitative estimate of drug-likeness (QED) is 0.176. The summed E-state index contributed by atoms with van der Waals surface area (Å²) in [6.07, 6.45) is 0. The Hall–Kier alpha value is -7.17. The molecule has 0 amide bonds. The van der Waals surface area contributed by atoms with Crippen molar-refractivity contribution >= 4 is 32.7 Å². The lowest BCUT2D eigenvalue weighted by Crippen LogP contribution is -2.00. The lowest BCUT2D eigenvalue weighted by molar-refractivity contribution is 0.673. The molecule has 2 aromatic heterocycles. The SMILES string of the molecule is c1ccc(-c2cccc(-c3cc4c5ccc(-c6cccc(-c7nc(-c8ccccc8)nc(-c8ccccc8)n7)c6)cc5oc4c4ccccc34)c2)cc1. The van der Waals surface area contributed by atoms with Crippen molar-refractivity contribution < 1.29 is 4.42 Å². The molecule has 0 atom stereocenters. The number of furan rings is 1. The molecule has 0 saturated carbocycles. The second-order valence-electron chi connectivity index (χ2n) is 13.2. The zero-order valence-corrected chi connectivity index (χ0v) is 28.6. The van der Waals surface area contributed by atoms with Gasteiger partial charge >= 0.3 is 0 Å². The van der Waals surface area contributed by atoms with Gasteiger partial charge in [-0.2, -0.15) is 0 Å². The molecule has 0 bridgehead atoms. The highest BCUT2D eigenvalue weighted by molar-refractivity contribution is 6.19. The zero-order valence-electron chi connectivity index (χ0n) is 28.6. The molecule has 53 heavy (non-hydrogen) atoms. The molecule has 0 N–H and O–H groups in total. The van der Waals surface area contributed by atoms with Crippen LogP contribution in [-0.2, 0) is 0 Å². The molecule has 10 rings (SSSR count). The minimum absolute atomic E-state index is 0.625. The molecule has 0 unspecified atom stereocenters. The molecular formula is C49H31N3O. The van der Waals surface area contributed by atoms with Gasteiger partial charge in [0.15, 0.2) is 17.5 Å². The summed E-state index contributed by atoms with van der Waals surface area (Å²) in [5.74, 6) is 1.91. The normalized spacial score (nSPS) is 11.4. The van der Waals surface area contributed by atoms with Crippen LogP contribution in [0.25, 0.3) is 100 Å². The zero-order chi connectivity index (χ0) is 35.1. The molecule has 4 nitrogen and oxygen atoms in total. The predicted molar refractivity (Wildman–Crippen MR) is 217 cm³/mol. The second kappa shape index (κ2) is 12.9. The van der Waals surface area contributed by atoms with Crippen LogP contribution in [0, 0.1) is 0 Å². The molecule has 8 aromatic carbocycles. The number of aromatic nitrogens is 3. The summed E-state index contributed by atoms with van der Waals surface area (Å²) in [7, 11) is 0. The van der Waals surface area contributed by atoms with E-state index in [2.05, 4.69) is 127 Å². The van der Waals surface area contributed by atoms with E-state index in [0.29, 0.717) is 17.5 Å². The van der Waals surface area contributed by atoms with Gasteiger partial charge in [-0.15, -0.1) is 0 Å². The van der Waals surface area contributed by atoms with E-state index < -0.39 is 0 Å². The van der Waals surface area contributed by atoms with Gasteiger partial charge < -0.3 is 4.42 Å².